The minimum Gasteiger partial charge on any atom is -0.497 e. The summed E-state index contributed by atoms with van der Waals surface area (Å²) in [5, 5.41) is 2.94. The van der Waals surface area contributed by atoms with Crippen molar-refractivity contribution in [1.29, 1.82) is 0 Å². The Bertz CT molecular complexity index is 1220. The molecular formula is C26H23F2N3O3S. The van der Waals surface area contributed by atoms with E-state index in [1.807, 2.05) is 24.3 Å². The highest BCUT2D eigenvalue weighted by molar-refractivity contribution is 7.80. The standard InChI is InChI=1S/C26H23F2N3O3S/c1-34-22-12-2-17(3-13-22)14-15-30-23(16-24(32)29-20-8-4-18(27)5-9-20)25(33)31(26(30)35)21-10-6-19(28)7-11-21/h2-13,23H,14-16H2,1H3,(H,29,32). The molecule has 1 aliphatic heterocycles. The third kappa shape index (κ3) is 5.63. The Balaban J connectivity index is 1.54. The molecule has 0 aromatic heterocycles. The zero-order valence-electron chi connectivity index (χ0n) is 18.9. The predicted octanol–water partition coefficient (Wildman–Crippen LogP) is 4.55. The predicted molar refractivity (Wildman–Crippen MR) is 133 cm³/mol. The van der Waals surface area contributed by atoms with Gasteiger partial charge in [0.2, 0.25) is 5.91 Å². The zero-order chi connectivity index (χ0) is 24.9. The molecule has 180 valence electrons. The Labute approximate surface area is 207 Å². The minimum absolute atomic E-state index is 0.156. The second-order valence-corrected chi connectivity index (χ2v) is 8.36. The lowest BCUT2D eigenvalue weighted by Crippen LogP contribution is -2.39. The molecule has 3 aromatic rings. The monoisotopic (exact) mass is 495 g/mol. The number of amides is 2. The molecule has 1 aliphatic rings. The van der Waals surface area contributed by atoms with Crippen molar-refractivity contribution in [3.05, 3.63) is 90.0 Å². The highest BCUT2D eigenvalue weighted by atomic mass is 32.1. The molecule has 1 heterocycles. The van der Waals surface area contributed by atoms with Crippen molar-refractivity contribution < 1.29 is 23.1 Å². The maximum atomic E-state index is 13.5. The first kappa shape index (κ1) is 24.3. The normalized spacial score (nSPS) is 15.5. The summed E-state index contributed by atoms with van der Waals surface area (Å²) in [7, 11) is 1.59. The molecular weight excluding hydrogens is 472 g/mol. The molecule has 1 unspecified atom stereocenters. The maximum Gasteiger partial charge on any atom is 0.256 e. The lowest BCUT2D eigenvalue weighted by Gasteiger charge is -2.24. The van der Waals surface area contributed by atoms with Crippen molar-refractivity contribution in [3.8, 4) is 5.75 Å². The molecule has 1 atom stereocenters. The van der Waals surface area contributed by atoms with Gasteiger partial charge in [-0.1, -0.05) is 12.1 Å². The van der Waals surface area contributed by atoms with Crippen LogP contribution in [0.4, 0.5) is 20.2 Å². The van der Waals surface area contributed by atoms with E-state index in [2.05, 4.69) is 5.32 Å². The SMILES string of the molecule is COc1ccc(CCN2C(=S)N(c3ccc(F)cc3)C(=O)C2CC(=O)Nc2ccc(F)cc2)cc1. The van der Waals surface area contributed by atoms with Crippen molar-refractivity contribution in [2.24, 2.45) is 0 Å². The van der Waals surface area contributed by atoms with E-state index in [1.165, 1.54) is 53.4 Å². The summed E-state index contributed by atoms with van der Waals surface area (Å²) in [5.41, 5.74) is 1.86. The third-order valence-electron chi connectivity index (χ3n) is 5.71. The number of benzene rings is 3. The molecule has 3 aromatic carbocycles. The van der Waals surface area contributed by atoms with Crippen LogP contribution in [0, 0.1) is 11.6 Å². The van der Waals surface area contributed by atoms with Gasteiger partial charge in [0.15, 0.2) is 5.11 Å². The molecule has 1 N–H and O–H groups in total. The van der Waals surface area contributed by atoms with Crippen molar-refractivity contribution in [3.63, 3.8) is 0 Å². The first-order valence-electron chi connectivity index (χ1n) is 10.9. The van der Waals surface area contributed by atoms with Crippen LogP contribution in [0.5, 0.6) is 5.75 Å². The van der Waals surface area contributed by atoms with Gasteiger partial charge in [-0.15, -0.1) is 0 Å². The van der Waals surface area contributed by atoms with Crippen LogP contribution in [0.2, 0.25) is 0 Å². The van der Waals surface area contributed by atoms with E-state index in [-0.39, 0.29) is 17.4 Å². The third-order valence-corrected chi connectivity index (χ3v) is 6.13. The number of thiocarbonyl (C=S) groups is 1. The van der Waals surface area contributed by atoms with Gasteiger partial charge in [-0.3, -0.25) is 14.5 Å². The summed E-state index contributed by atoms with van der Waals surface area (Å²) in [4.78, 5) is 29.2. The van der Waals surface area contributed by atoms with Crippen LogP contribution in [0.15, 0.2) is 72.8 Å². The van der Waals surface area contributed by atoms with E-state index < -0.39 is 23.6 Å². The Morgan fingerprint density at radius 3 is 2.17 bits per heavy atom. The summed E-state index contributed by atoms with van der Waals surface area (Å²) < 4.78 is 31.8. The number of carbonyl (C=O) groups excluding carboxylic acids is 2. The number of carbonyl (C=O) groups is 2. The Morgan fingerprint density at radius 1 is 0.971 bits per heavy atom. The average Bonchev–Trinajstić information content (AvgIpc) is 3.08. The number of nitrogens with zero attached hydrogens (tertiary/aromatic N) is 2. The molecule has 1 fully saturated rings. The van der Waals surface area contributed by atoms with Gasteiger partial charge in [-0.05, 0) is 84.9 Å². The Hall–Kier alpha value is -3.85. The summed E-state index contributed by atoms with van der Waals surface area (Å²) in [6, 6.07) is 17.5. The van der Waals surface area contributed by atoms with Gasteiger partial charge in [-0.2, -0.15) is 0 Å². The maximum absolute atomic E-state index is 13.5. The van der Waals surface area contributed by atoms with E-state index in [4.69, 9.17) is 17.0 Å². The average molecular weight is 496 g/mol. The second-order valence-electron chi connectivity index (χ2n) is 8.00. The van der Waals surface area contributed by atoms with E-state index in [9.17, 15) is 18.4 Å². The molecule has 4 rings (SSSR count). The van der Waals surface area contributed by atoms with Crippen LogP contribution in [-0.4, -0.2) is 41.5 Å². The fourth-order valence-electron chi connectivity index (χ4n) is 3.88. The van der Waals surface area contributed by atoms with Gasteiger partial charge < -0.3 is 15.0 Å². The summed E-state index contributed by atoms with van der Waals surface area (Å²) in [5.74, 6) is -0.894. The molecule has 2 amide bonds. The van der Waals surface area contributed by atoms with Crippen molar-refractivity contribution in [2.75, 3.05) is 23.9 Å². The van der Waals surface area contributed by atoms with Gasteiger partial charge >= 0.3 is 0 Å². The number of rotatable bonds is 8. The minimum atomic E-state index is -0.841. The Morgan fingerprint density at radius 2 is 1.57 bits per heavy atom. The number of anilines is 2. The van der Waals surface area contributed by atoms with Crippen molar-refractivity contribution in [2.45, 2.75) is 18.9 Å². The number of nitrogens with one attached hydrogen (secondary N) is 1. The number of methoxy groups -OCH3 is 1. The molecule has 35 heavy (non-hydrogen) atoms. The number of hydrogen-bond acceptors (Lipinski definition) is 4. The van der Waals surface area contributed by atoms with Gasteiger partial charge in [0.25, 0.3) is 5.91 Å². The Kier molecular flexibility index (Phi) is 7.36. The first-order chi connectivity index (χ1) is 16.9. The van der Waals surface area contributed by atoms with Gasteiger partial charge in [0, 0.05) is 12.2 Å². The first-order valence-corrected chi connectivity index (χ1v) is 11.3. The molecule has 0 saturated carbocycles. The molecule has 0 aliphatic carbocycles. The van der Waals surface area contributed by atoms with Gasteiger partial charge in [0.05, 0.1) is 19.2 Å². The highest BCUT2D eigenvalue weighted by Gasteiger charge is 2.43. The van der Waals surface area contributed by atoms with E-state index in [0.717, 1.165) is 11.3 Å². The fraction of sp³-hybridized carbons (Fsp3) is 0.192. The zero-order valence-corrected chi connectivity index (χ0v) is 19.7. The summed E-state index contributed by atoms with van der Waals surface area (Å²) in [6.07, 6.45) is 0.418. The van der Waals surface area contributed by atoms with Crippen LogP contribution in [0.25, 0.3) is 0 Å². The highest BCUT2D eigenvalue weighted by Crippen LogP contribution is 2.28. The smallest absolute Gasteiger partial charge is 0.256 e. The number of ether oxygens (including phenoxy) is 1. The van der Waals surface area contributed by atoms with E-state index in [0.29, 0.717) is 24.3 Å². The second kappa shape index (κ2) is 10.6. The van der Waals surface area contributed by atoms with Gasteiger partial charge in [0.1, 0.15) is 23.4 Å². The van der Waals surface area contributed by atoms with Crippen LogP contribution >= 0.6 is 12.2 Å². The van der Waals surface area contributed by atoms with Crippen LogP contribution in [0.1, 0.15) is 12.0 Å². The molecule has 9 heteroatoms. The quantitative estimate of drug-likeness (QED) is 0.465. The fourth-order valence-corrected chi connectivity index (χ4v) is 4.29. The van der Waals surface area contributed by atoms with Crippen molar-refractivity contribution in [1.82, 2.24) is 4.90 Å². The molecule has 0 radical (unpaired) electrons. The molecule has 1 saturated heterocycles. The van der Waals surface area contributed by atoms with E-state index in [1.54, 1.807) is 12.0 Å². The van der Waals surface area contributed by atoms with Crippen molar-refractivity contribution >= 4 is 40.5 Å². The number of halogens is 2. The van der Waals surface area contributed by atoms with Gasteiger partial charge in [-0.25, -0.2) is 8.78 Å². The summed E-state index contributed by atoms with van der Waals surface area (Å²) >= 11 is 5.63. The number of hydrogen-bond donors (Lipinski definition) is 1. The van der Waals surface area contributed by atoms with E-state index >= 15 is 0 Å². The topological polar surface area (TPSA) is 61.9 Å². The largest absolute Gasteiger partial charge is 0.497 e. The van der Waals surface area contributed by atoms with Crippen LogP contribution < -0.4 is 15.0 Å². The lowest BCUT2D eigenvalue weighted by atomic mass is 10.1. The molecule has 6 nitrogen and oxygen atoms in total. The molecule has 0 bridgehead atoms. The molecule has 0 spiro atoms. The van der Waals surface area contributed by atoms with Crippen LogP contribution in [-0.2, 0) is 16.0 Å². The summed E-state index contributed by atoms with van der Waals surface area (Å²) in [6.45, 7) is 0.392. The van der Waals surface area contributed by atoms with Crippen LogP contribution in [0.3, 0.4) is 0 Å². The lowest BCUT2D eigenvalue weighted by molar-refractivity contribution is -0.124.